The van der Waals surface area contributed by atoms with Crippen molar-refractivity contribution >= 4 is 6.09 Å². The van der Waals surface area contributed by atoms with Gasteiger partial charge in [0.05, 0.1) is 5.69 Å². The number of hydrogen-bond acceptors (Lipinski definition) is 6. The number of aryl methyl sites for hydroxylation is 1. The van der Waals surface area contributed by atoms with E-state index in [2.05, 4.69) is 15.6 Å². The van der Waals surface area contributed by atoms with E-state index in [9.17, 15) is 4.79 Å². The minimum absolute atomic E-state index is 0.149. The number of nitrogens with zero attached hydrogens (tertiary/aromatic N) is 4. The first kappa shape index (κ1) is 16.7. The Labute approximate surface area is 130 Å². The van der Waals surface area contributed by atoms with E-state index in [1.54, 1.807) is 9.58 Å². The molecule has 0 unspecified atom stereocenters. The summed E-state index contributed by atoms with van der Waals surface area (Å²) in [4.78, 5) is 13.5. The van der Waals surface area contributed by atoms with Crippen LogP contribution < -0.4 is 5.32 Å². The van der Waals surface area contributed by atoms with E-state index >= 15 is 0 Å². The Morgan fingerprint density at radius 3 is 2.86 bits per heavy atom. The molecule has 2 heterocycles. The van der Waals surface area contributed by atoms with E-state index in [1.165, 1.54) is 0 Å². The van der Waals surface area contributed by atoms with Gasteiger partial charge in [0.15, 0.2) is 0 Å². The maximum atomic E-state index is 11.8. The van der Waals surface area contributed by atoms with E-state index in [1.807, 2.05) is 27.0 Å². The molecule has 0 aromatic carbocycles. The predicted octanol–water partition coefficient (Wildman–Crippen LogP) is 0.369. The normalized spacial score (nSPS) is 15.7. The first-order valence-electron chi connectivity index (χ1n) is 7.58. The van der Waals surface area contributed by atoms with Crippen LogP contribution in [-0.2, 0) is 17.8 Å². The van der Waals surface area contributed by atoms with Crippen molar-refractivity contribution in [3.05, 3.63) is 11.9 Å². The van der Waals surface area contributed by atoms with Crippen molar-refractivity contribution in [2.45, 2.75) is 51.9 Å². The molecular weight excluding hydrogens is 286 g/mol. The van der Waals surface area contributed by atoms with Crippen LogP contribution in [0.1, 0.15) is 32.9 Å². The van der Waals surface area contributed by atoms with Crippen molar-refractivity contribution in [3.63, 3.8) is 0 Å². The Morgan fingerprint density at radius 2 is 2.23 bits per heavy atom. The molecule has 1 saturated heterocycles. The fourth-order valence-corrected chi connectivity index (χ4v) is 2.09. The smallest absolute Gasteiger partial charge is 0.410 e. The van der Waals surface area contributed by atoms with Crippen molar-refractivity contribution in [3.8, 4) is 0 Å². The number of likely N-dealkylation sites (tertiary alicyclic amines) is 1. The molecule has 0 saturated carbocycles. The summed E-state index contributed by atoms with van der Waals surface area (Å²) in [6.45, 7) is 8.31. The molecule has 0 aliphatic carbocycles. The summed E-state index contributed by atoms with van der Waals surface area (Å²) in [6, 6.07) is 0.259. The van der Waals surface area contributed by atoms with Crippen molar-refractivity contribution < 1.29 is 14.6 Å². The van der Waals surface area contributed by atoms with Crippen LogP contribution in [0.3, 0.4) is 0 Å². The third-order valence-electron chi connectivity index (χ3n) is 3.24. The highest BCUT2D eigenvalue weighted by atomic mass is 16.6. The highest BCUT2D eigenvalue weighted by Gasteiger charge is 2.33. The SMILES string of the molecule is CC(C)(C)OC(=O)N1CC(NCc2cn(CCCO)nn2)C1. The average Bonchev–Trinajstić information content (AvgIpc) is 2.80. The Bertz CT molecular complexity index is 491. The first-order valence-corrected chi connectivity index (χ1v) is 7.58. The van der Waals surface area contributed by atoms with Gasteiger partial charge < -0.3 is 20.1 Å². The minimum atomic E-state index is -0.456. The number of amides is 1. The van der Waals surface area contributed by atoms with Gasteiger partial charge in [-0.2, -0.15) is 0 Å². The molecule has 1 amide bonds. The number of aliphatic hydroxyl groups is 1. The van der Waals surface area contributed by atoms with Crippen LogP contribution in [0.5, 0.6) is 0 Å². The highest BCUT2D eigenvalue weighted by molar-refractivity contribution is 5.69. The van der Waals surface area contributed by atoms with Gasteiger partial charge in [0.1, 0.15) is 5.60 Å². The van der Waals surface area contributed by atoms with Gasteiger partial charge in [0.25, 0.3) is 0 Å². The molecule has 2 rings (SSSR count). The Balaban J connectivity index is 1.66. The number of aliphatic hydroxyl groups excluding tert-OH is 1. The fourth-order valence-electron chi connectivity index (χ4n) is 2.09. The van der Waals surface area contributed by atoms with Gasteiger partial charge in [-0.05, 0) is 27.2 Å². The lowest BCUT2D eigenvalue weighted by Crippen LogP contribution is -2.60. The summed E-state index contributed by atoms with van der Waals surface area (Å²) in [5.41, 5.74) is 0.400. The van der Waals surface area contributed by atoms with Crippen LogP contribution in [0.4, 0.5) is 4.79 Å². The molecule has 0 bridgehead atoms. The molecule has 1 aromatic rings. The minimum Gasteiger partial charge on any atom is -0.444 e. The summed E-state index contributed by atoms with van der Waals surface area (Å²) in [5.74, 6) is 0. The average molecular weight is 311 g/mol. The molecule has 8 nitrogen and oxygen atoms in total. The van der Waals surface area contributed by atoms with Gasteiger partial charge in [-0.15, -0.1) is 5.10 Å². The number of ether oxygens (including phenoxy) is 1. The predicted molar refractivity (Wildman–Crippen MR) is 80.2 cm³/mol. The molecule has 2 N–H and O–H groups in total. The molecule has 124 valence electrons. The van der Waals surface area contributed by atoms with Crippen molar-refractivity contribution in [1.29, 1.82) is 0 Å². The van der Waals surface area contributed by atoms with Gasteiger partial charge in [-0.3, -0.25) is 4.68 Å². The zero-order valence-electron chi connectivity index (χ0n) is 13.4. The van der Waals surface area contributed by atoms with E-state index < -0.39 is 5.60 Å². The lowest BCUT2D eigenvalue weighted by Gasteiger charge is -2.40. The second-order valence-electron chi connectivity index (χ2n) is 6.51. The lowest BCUT2D eigenvalue weighted by molar-refractivity contribution is 0.00516. The first-order chi connectivity index (χ1) is 10.4. The van der Waals surface area contributed by atoms with Crippen molar-refractivity contribution in [2.75, 3.05) is 19.7 Å². The summed E-state index contributed by atoms with van der Waals surface area (Å²) in [6.07, 6.45) is 2.27. The van der Waals surface area contributed by atoms with Crippen LogP contribution in [0.25, 0.3) is 0 Å². The van der Waals surface area contributed by atoms with Crippen LogP contribution in [-0.4, -0.2) is 62.4 Å². The molecule has 1 fully saturated rings. The van der Waals surface area contributed by atoms with Gasteiger partial charge in [0, 0.05) is 45.0 Å². The molecule has 0 atom stereocenters. The van der Waals surface area contributed by atoms with E-state index in [0.717, 1.165) is 5.69 Å². The Morgan fingerprint density at radius 1 is 1.50 bits per heavy atom. The van der Waals surface area contributed by atoms with Gasteiger partial charge >= 0.3 is 6.09 Å². The van der Waals surface area contributed by atoms with Gasteiger partial charge in [-0.1, -0.05) is 5.21 Å². The van der Waals surface area contributed by atoms with Gasteiger partial charge in [0.2, 0.25) is 0 Å². The monoisotopic (exact) mass is 311 g/mol. The number of hydrogen-bond donors (Lipinski definition) is 2. The number of aromatic nitrogens is 3. The van der Waals surface area contributed by atoms with Crippen LogP contribution in [0.2, 0.25) is 0 Å². The van der Waals surface area contributed by atoms with E-state index in [0.29, 0.717) is 32.6 Å². The highest BCUT2D eigenvalue weighted by Crippen LogP contribution is 2.15. The molecule has 1 aliphatic rings. The van der Waals surface area contributed by atoms with Crippen molar-refractivity contribution in [1.82, 2.24) is 25.2 Å². The number of carbonyl (C=O) groups is 1. The summed E-state index contributed by atoms with van der Waals surface area (Å²) in [5, 5.41) is 20.2. The molecule has 0 radical (unpaired) electrons. The standard InChI is InChI=1S/C14H25N5O3/c1-14(2,3)22-13(21)18-8-12(9-18)15-7-11-10-19(17-16-11)5-4-6-20/h10,12,15,20H,4-9H2,1-3H3. The zero-order valence-corrected chi connectivity index (χ0v) is 13.4. The van der Waals surface area contributed by atoms with E-state index in [4.69, 9.17) is 9.84 Å². The third kappa shape index (κ3) is 4.96. The number of carbonyl (C=O) groups excluding carboxylic acids is 1. The number of nitrogens with one attached hydrogen (secondary N) is 1. The zero-order chi connectivity index (χ0) is 16.2. The molecule has 8 heteroatoms. The quantitative estimate of drug-likeness (QED) is 0.788. The molecular formula is C14H25N5O3. The second-order valence-corrected chi connectivity index (χ2v) is 6.51. The molecule has 1 aliphatic heterocycles. The summed E-state index contributed by atoms with van der Waals surface area (Å²) < 4.78 is 7.03. The second kappa shape index (κ2) is 7.06. The van der Waals surface area contributed by atoms with E-state index in [-0.39, 0.29) is 18.7 Å². The van der Waals surface area contributed by atoms with Crippen LogP contribution in [0, 0.1) is 0 Å². The van der Waals surface area contributed by atoms with Gasteiger partial charge in [-0.25, -0.2) is 4.79 Å². The maximum Gasteiger partial charge on any atom is 0.410 e. The Kier molecular flexibility index (Phi) is 5.36. The third-order valence-corrected chi connectivity index (χ3v) is 3.24. The van der Waals surface area contributed by atoms with Crippen LogP contribution >= 0.6 is 0 Å². The largest absolute Gasteiger partial charge is 0.444 e. The van der Waals surface area contributed by atoms with Crippen LogP contribution in [0.15, 0.2) is 6.20 Å². The Hall–Kier alpha value is -1.67. The molecule has 0 spiro atoms. The molecule has 1 aromatic heterocycles. The summed E-state index contributed by atoms with van der Waals surface area (Å²) >= 11 is 0. The fraction of sp³-hybridized carbons (Fsp3) is 0.786. The maximum absolute atomic E-state index is 11.8. The van der Waals surface area contributed by atoms with Crippen molar-refractivity contribution in [2.24, 2.45) is 0 Å². The lowest BCUT2D eigenvalue weighted by atomic mass is 10.1. The molecule has 22 heavy (non-hydrogen) atoms. The summed E-state index contributed by atoms with van der Waals surface area (Å²) in [7, 11) is 0. The number of rotatable bonds is 6. The topological polar surface area (TPSA) is 92.5 Å².